The number of para-hydroxylation sites is 1. The Hall–Kier alpha value is -1.51. The van der Waals surface area contributed by atoms with Crippen molar-refractivity contribution in [3.05, 3.63) is 23.8 Å². The summed E-state index contributed by atoms with van der Waals surface area (Å²) in [4.78, 5) is 13.8. The van der Waals surface area contributed by atoms with Gasteiger partial charge in [-0.05, 0) is 11.5 Å². The number of fused-ring (bicyclic) bond motifs is 1. The minimum Gasteiger partial charge on any atom is -0.490 e. The van der Waals surface area contributed by atoms with Crippen LogP contribution in [0, 0.1) is 5.92 Å². The number of ether oxygens (including phenoxy) is 1. The Morgan fingerprint density at radius 3 is 2.61 bits per heavy atom. The van der Waals surface area contributed by atoms with Crippen LogP contribution in [0.5, 0.6) is 5.75 Å². The zero-order valence-electron chi connectivity index (χ0n) is 11.8. The van der Waals surface area contributed by atoms with Gasteiger partial charge in [0.25, 0.3) is 0 Å². The third kappa shape index (κ3) is 2.09. The average molecular weight is 247 g/mol. The zero-order valence-corrected chi connectivity index (χ0v) is 11.8. The van der Waals surface area contributed by atoms with Crippen molar-refractivity contribution in [3.8, 4) is 5.75 Å². The van der Waals surface area contributed by atoms with Crippen molar-refractivity contribution in [3.63, 3.8) is 0 Å². The number of carbonyl (C=O) groups excluding carboxylic acids is 1. The highest BCUT2D eigenvalue weighted by atomic mass is 16.5. The van der Waals surface area contributed by atoms with Gasteiger partial charge < -0.3 is 9.64 Å². The molecule has 0 N–H and O–H groups in total. The fourth-order valence-corrected chi connectivity index (χ4v) is 2.26. The summed E-state index contributed by atoms with van der Waals surface area (Å²) >= 11 is 0. The molecule has 98 valence electrons. The van der Waals surface area contributed by atoms with Crippen molar-refractivity contribution in [1.29, 1.82) is 0 Å². The van der Waals surface area contributed by atoms with E-state index in [9.17, 15) is 4.79 Å². The first-order valence-corrected chi connectivity index (χ1v) is 6.36. The number of rotatable bonds is 0. The minimum atomic E-state index is -0.102. The van der Waals surface area contributed by atoms with E-state index in [-0.39, 0.29) is 17.2 Å². The van der Waals surface area contributed by atoms with Crippen molar-refractivity contribution in [2.24, 2.45) is 5.92 Å². The highest BCUT2D eigenvalue weighted by molar-refractivity contribution is 5.96. The second-order valence-electron chi connectivity index (χ2n) is 6.01. The van der Waals surface area contributed by atoms with E-state index in [4.69, 9.17) is 4.74 Å². The fraction of sp³-hybridized carbons (Fsp3) is 0.533. The SMILES string of the molecule is CC1COc2c(cccc2C(C)(C)C)N(C)C1=O. The summed E-state index contributed by atoms with van der Waals surface area (Å²) in [5, 5.41) is 0. The molecular weight excluding hydrogens is 226 g/mol. The number of nitrogens with zero attached hydrogens (tertiary/aromatic N) is 1. The van der Waals surface area contributed by atoms with E-state index in [1.54, 1.807) is 4.90 Å². The standard InChI is InChI=1S/C15H21NO2/c1-10-9-18-13-11(15(2,3)4)7-6-8-12(13)16(5)14(10)17/h6-8,10H,9H2,1-5H3. The molecule has 0 spiro atoms. The van der Waals surface area contributed by atoms with Gasteiger partial charge in [-0.15, -0.1) is 0 Å². The highest BCUT2D eigenvalue weighted by Gasteiger charge is 2.30. The first-order valence-electron chi connectivity index (χ1n) is 6.36. The lowest BCUT2D eigenvalue weighted by atomic mass is 9.86. The van der Waals surface area contributed by atoms with Crippen molar-refractivity contribution in [1.82, 2.24) is 0 Å². The Morgan fingerprint density at radius 2 is 2.00 bits per heavy atom. The van der Waals surface area contributed by atoms with Crippen molar-refractivity contribution < 1.29 is 9.53 Å². The zero-order chi connectivity index (χ0) is 13.5. The molecule has 0 aromatic heterocycles. The average Bonchev–Trinajstić information content (AvgIpc) is 2.41. The van der Waals surface area contributed by atoms with Crippen molar-refractivity contribution >= 4 is 11.6 Å². The Balaban J connectivity index is 2.58. The fourth-order valence-electron chi connectivity index (χ4n) is 2.26. The molecule has 1 aromatic rings. The molecule has 2 rings (SSSR count). The van der Waals surface area contributed by atoms with Crippen LogP contribution in [-0.2, 0) is 10.2 Å². The number of benzene rings is 1. The summed E-state index contributed by atoms with van der Waals surface area (Å²) < 4.78 is 5.90. The number of hydrogen-bond donors (Lipinski definition) is 0. The summed E-state index contributed by atoms with van der Waals surface area (Å²) in [6.45, 7) is 8.82. The Morgan fingerprint density at radius 1 is 1.33 bits per heavy atom. The van der Waals surface area contributed by atoms with Crippen LogP contribution >= 0.6 is 0 Å². The van der Waals surface area contributed by atoms with Crippen LogP contribution in [0.2, 0.25) is 0 Å². The second kappa shape index (κ2) is 4.30. The van der Waals surface area contributed by atoms with E-state index in [2.05, 4.69) is 26.8 Å². The van der Waals surface area contributed by atoms with Gasteiger partial charge in [0.15, 0.2) is 0 Å². The molecule has 1 amide bonds. The van der Waals surface area contributed by atoms with Crippen molar-refractivity contribution in [2.75, 3.05) is 18.6 Å². The molecule has 1 atom stereocenters. The molecule has 3 nitrogen and oxygen atoms in total. The van der Waals surface area contributed by atoms with Gasteiger partial charge in [-0.25, -0.2) is 0 Å². The lowest BCUT2D eigenvalue weighted by Gasteiger charge is -2.25. The van der Waals surface area contributed by atoms with E-state index >= 15 is 0 Å². The Kier molecular flexibility index (Phi) is 3.09. The maximum absolute atomic E-state index is 12.1. The normalized spacial score (nSPS) is 20.2. The smallest absolute Gasteiger partial charge is 0.233 e. The highest BCUT2D eigenvalue weighted by Crippen LogP contribution is 2.40. The molecule has 0 radical (unpaired) electrons. The first-order chi connectivity index (χ1) is 8.32. The molecule has 1 aromatic carbocycles. The molecule has 18 heavy (non-hydrogen) atoms. The van der Waals surface area contributed by atoms with Crippen molar-refractivity contribution in [2.45, 2.75) is 33.1 Å². The molecule has 0 fully saturated rings. The minimum absolute atomic E-state index is 0.00279. The van der Waals surface area contributed by atoms with Crippen LogP contribution in [0.1, 0.15) is 33.3 Å². The summed E-state index contributed by atoms with van der Waals surface area (Å²) in [6, 6.07) is 6.01. The van der Waals surface area contributed by atoms with Gasteiger partial charge in [0.2, 0.25) is 5.91 Å². The lowest BCUT2D eigenvalue weighted by molar-refractivity contribution is -0.122. The van der Waals surface area contributed by atoms with Crippen LogP contribution in [-0.4, -0.2) is 19.6 Å². The van der Waals surface area contributed by atoms with Crippen LogP contribution < -0.4 is 9.64 Å². The molecule has 0 aliphatic carbocycles. The van der Waals surface area contributed by atoms with Gasteiger partial charge in [-0.2, -0.15) is 0 Å². The predicted molar refractivity (Wildman–Crippen MR) is 73.2 cm³/mol. The first kappa shape index (κ1) is 12.9. The van der Waals surface area contributed by atoms with Gasteiger partial charge in [0, 0.05) is 12.6 Å². The molecule has 0 saturated carbocycles. The van der Waals surface area contributed by atoms with E-state index in [1.807, 2.05) is 26.1 Å². The number of hydrogen-bond acceptors (Lipinski definition) is 2. The number of carbonyl (C=O) groups is 1. The molecule has 1 aliphatic heterocycles. The molecule has 3 heteroatoms. The second-order valence-corrected chi connectivity index (χ2v) is 6.01. The predicted octanol–water partition coefficient (Wildman–Crippen LogP) is 2.98. The van der Waals surface area contributed by atoms with E-state index < -0.39 is 0 Å². The summed E-state index contributed by atoms with van der Waals surface area (Å²) in [5.41, 5.74) is 2.02. The molecule has 1 heterocycles. The molecule has 0 bridgehead atoms. The van der Waals surface area contributed by atoms with Crippen LogP contribution in [0.15, 0.2) is 18.2 Å². The maximum atomic E-state index is 12.1. The Bertz CT molecular complexity index is 474. The summed E-state index contributed by atoms with van der Waals surface area (Å²) in [5.74, 6) is 0.861. The van der Waals surface area contributed by atoms with Gasteiger partial charge in [-0.3, -0.25) is 4.79 Å². The largest absolute Gasteiger partial charge is 0.490 e. The van der Waals surface area contributed by atoms with E-state index in [0.29, 0.717) is 6.61 Å². The van der Waals surface area contributed by atoms with Gasteiger partial charge in [0.05, 0.1) is 18.2 Å². The monoisotopic (exact) mass is 247 g/mol. The van der Waals surface area contributed by atoms with Gasteiger partial charge >= 0.3 is 0 Å². The third-order valence-corrected chi connectivity index (χ3v) is 3.39. The Labute approximate surface area is 109 Å². The van der Waals surface area contributed by atoms with Gasteiger partial charge in [-0.1, -0.05) is 39.8 Å². The molecular formula is C15H21NO2. The maximum Gasteiger partial charge on any atom is 0.233 e. The lowest BCUT2D eigenvalue weighted by Crippen LogP contribution is -2.31. The van der Waals surface area contributed by atoms with Crippen LogP contribution in [0.3, 0.4) is 0 Å². The molecule has 1 unspecified atom stereocenters. The summed E-state index contributed by atoms with van der Waals surface area (Å²) in [7, 11) is 1.82. The molecule has 0 saturated heterocycles. The number of anilines is 1. The third-order valence-electron chi connectivity index (χ3n) is 3.39. The van der Waals surface area contributed by atoms with E-state index in [0.717, 1.165) is 17.0 Å². The number of amides is 1. The van der Waals surface area contributed by atoms with Crippen LogP contribution in [0.25, 0.3) is 0 Å². The summed E-state index contributed by atoms with van der Waals surface area (Å²) in [6.07, 6.45) is 0. The van der Waals surface area contributed by atoms with Crippen LogP contribution in [0.4, 0.5) is 5.69 Å². The topological polar surface area (TPSA) is 29.5 Å². The van der Waals surface area contributed by atoms with Gasteiger partial charge in [0.1, 0.15) is 5.75 Å². The molecule has 1 aliphatic rings. The van der Waals surface area contributed by atoms with E-state index in [1.165, 1.54) is 0 Å². The quantitative estimate of drug-likeness (QED) is 0.705.